The molecule has 0 saturated heterocycles. The van der Waals surface area contributed by atoms with Crippen LogP contribution in [0.4, 0.5) is 0 Å². The molecule has 1 heterocycles. The number of hydrogen-bond donors (Lipinski definition) is 1. The second-order valence-electron chi connectivity index (χ2n) is 4.58. The molecule has 0 fully saturated rings. The highest BCUT2D eigenvalue weighted by Crippen LogP contribution is 2.19. The Labute approximate surface area is 97.1 Å². The van der Waals surface area contributed by atoms with E-state index in [4.69, 9.17) is 0 Å². The molecule has 16 heavy (non-hydrogen) atoms. The maximum Gasteiger partial charge on any atom is 0.165 e. The molecule has 2 nitrogen and oxygen atoms in total. The molecule has 1 unspecified atom stereocenters. The Bertz CT molecular complexity index is 398. The summed E-state index contributed by atoms with van der Waals surface area (Å²) in [6.45, 7) is 6.01. The van der Waals surface area contributed by atoms with E-state index in [1.807, 2.05) is 13.0 Å². The van der Waals surface area contributed by atoms with E-state index in [1.54, 1.807) is 0 Å². The van der Waals surface area contributed by atoms with E-state index in [-0.39, 0.29) is 11.7 Å². The third-order valence-electron chi connectivity index (χ3n) is 3.44. The minimum absolute atomic E-state index is 0.134. The molecule has 1 aliphatic heterocycles. The smallest absolute Gasteiger partial charge is 0.165 e. The zero-order valence-corrected chi connectivity index (χ0v) is 10.0. The average molecular weight is 217 g/mol. The maximum atomic E-state index is 12.0. The van der Waals surface area contributed by atoms with Crippen LogP contribution in [0.15, 0.2) is 18.2 Å². The number of rotatable bonds is 3. The molecular formula is C14H19NO. The molecule has 1 atom stereocenters. The standard InChI is InChI=1S/C14H19NO/c1-3-10(2)14(16)12-5-4-11-6-7-15-9-13(11)8-12/h4-5,8,10,15H,3,6-7,9H2,1-2H3. The molecule has 0 amide bonds. The van der Waals surface area contributed by atoms with Gasteiger partial charge in [-0.15, -0.1) is 0 Å². The van der Waals surface area contributed by atoms with E-state index in [9.17, 15) is 4.79 Å². The van der Waals surface area contributed by atoms with Crippen molar-refractivity contribution in [3.05, 3.63) is 34.9 Å². The molecule has 1 aromatic rings. The van der Waals surface area contributed by atoms with Gasteiger partial charge in [0.25, 0.3) is 0 Å². The predicted octanol–water partition coefficient (Wildman–Crippen LogP) is 2.56. The van der Waals surface area contributed by atoms with Crippen molar-refractivity contribution in [2.45, 2.75) is 33.2 Å². The number of ketones is 1. The molecule has 1 aliphatic rings. The molecule has 2 heteroatoms. The van der Waals surface area contributed by atoms with E-state index in [1.165, 1.54) is 11.1 Å². The summed E-state index contributed by atoms with van der Waals surface area (Å²) < 4.78 is 0. The van der Waals surface area contributed by atoms with E-state index < -0.39 is 0 Å². The van der Waals surface area contributed by atoms with Crippen LogP contribution in [-0.4, -0.2) is 12.3 Å². The van der Waals surface area contributed by atoms with E-state index in [0.717, 1.165) is 31.5 Å². The van der Waals surface area contributed by atoms with Gasteiger partial charge in [-0.1, -0.05) is 26.0 Å². The fourth-order valence-corrected chi connectivity index (χ4v) is 2.10. The number of carbonyl (C=O) groups is 1. The predicted molar refractivity (Wildman–Crippen MR) is 65.6 cm³/mol. The first-order valence-corrected chi connectivity index (χ1v) is 6.09. The number of nitrogens with one attached hydrogen (secondary N) is 1. The van der Waals surface area contributed by atoms with Crippen molar-refractivity contribution < 1.29 is 4.79 Å². The zero-order valence-electron chi connectivity index (χ0n) is 10.0. The van der Waals surface area contributed by atoms with Gasteiger partial charge in [0, 0.05) is 18.0 Å². The lowest BCUT2D eigenvalue weighted by Crippen LogP contribution is -2.24. The summed E-state index contributed by atoms with van der Waals surface area (Å²) in [5.41, 5.74) is 3.55. The van der Waals surface area contributed by atoms with Crippen LogP contribution in [0.2, 0.25) is 0 Å². The lowest BCUT2D eigenvalue weighted by atomic mass is 9.92. The van der Waals surface area contributed by atoms with Crippen LogP contribution in [0.3, 0.4) is 0 Å². The molecule has 86 valence electrons. The van der Waals surface area contributed by atoms with Crippen molar-refractivity contribution in [2.24, 2.45) is 5.92 Å². The van der Waals surface area contributed by atoms with Crippen molar-refractivity contribution in [3.8, 4) is 0 Å². The van der Waals surface area contributed by atoms with Gasteiger partial charge in [-0.05, 0) is 36.6 Å². The van der Waals surface area contributed by atoms with Crippen molar-refractivity contribution in [2.75, 3.05) is 6.54 Å². The molecule has 0 aliphatic carbocycles. The van der Waals surface area contributed by atoms with Gasteiger partial charge in [-0.2, -0.15) is 0 Å². The Hall–Kier alpha value is -1.15. The zero-order chi connectivity index (χ0) is 11.5. The largest absolute Gasteiger partial charge is 0.312 e. The van der Waals surface area contributed by atoms with Gasteiger partial charge < -0.3 is 5.32 Å². The van der Waals surface area contributed by atoms with E-state index in [2.05, 4.69) is 24.4 Å². The Balaban J connectivity index is 2.26. The van der Waals surface area contributed by atoms with Gasteiger partial charge >= 0.3 is 0 Å². The molecule has 1 aromatic carbocycles. The summed E-state index contributed by atoms with van der Waals surface area (Å²) in [4.78, 5) is 12.0. The van der Waals surface area contributed by atoms with Gasteiger partial charge in [-0.25, -0.2) is 0 Å². The highest BCUT2D eigenvalue weighted by molar-refractivity contribution is 5.97. The Morgan fingerprint density at radius 2 is 2.25 bits per heavy atom. The highest BCUT2D eigenvalue weighted by atomic mass is 16.1. The van der Waals surface area contributed by atoms with Crippen LogP contribution >= 0.6 is 0 Å². The van der Waals surface area contributed by atoms with Crippen LogP contribution in [0.25, 0.3) is 0 Å². The topological polar surface area (TPSA) is 29.1 Å². The first-order chi connectivity index (χ1) is 7.72. The number of hydrogen-bond acceptors (Lipinski definition) is 2. The van der Waals surface area contributed by atoms with Gasteiger partial charge in [0.2, 0.25) is 0 Å². The molecule has 0 aromatic heterocycles. The molecule has 0 spiro atoms. The Morgan fingerprint density at radius 3 is 3.00 bits per heavy atom. The number of carbonyl (C=O) groups excluding carboxylic acids is 1. The van der Waals surface area contributed by atoms with E-state index in [0.29, 0.717) is 0 Å². The second-order valence-corrected chi connectivity index (χ2v) is 4.58. The summed E-state index contributed by atoms with van der Waals surface area (Å²) >= 11 is 0. The molecule has 0 radical (unpaired) electrons. The quantitative estimate of drug-likeness (QED) is 0.788. The summed E-state index contributed by atoms with van der Waals surface area (Å²) in [7, 11) is 0. The fourth-order valence-electron chi connectivity index (χ4n) is 2.10. The SMILES string of the molecule is CCC(C)C(=O)c1ccc2c(c1)CNCC2. The Kier molecular flexibility index (Phi) is 3.39. The molecule has 1 N–H and O–H groups in total. The van der Waals surface area contributed by atoms with Crippen molar-refractivity contribution in [3.63, 3.8) is 0 Å². The third kappa shape index (κ3) is 2.17. The minimum atomic E-state index is 0.134. The third-order valence-corrected chi connectivity index (χ3v) is 3.44. The first kappa shape index (κ1) is 11.3. The summed E-state index contributed by atoms with van der Waals surface area (Å²) in [5, 5.41) is 3.34. The fraction of sp³-hybridized carbons (Fsp3) is 0.500. The molecule has 0 saturated carbocycles. The summed E-state index contributed by atoms with van der Waals surface area (Å²) in [5.74, 6) is 0.408. The van der Waals surface area contributed by atoms with Crippen LogP contribution < -0.4 is 5.32 Å². The van der Waals surface area contributed by atoms with Gasteiger partial charge in [0.1, 0.15) is 0 Å². The van der Waals surface area contributed by atoms with E-state index >= 15 is 0 Å². The number of Topliss-reactive ketones (excluding diaryl/α,β-unsaturated/α-hetero) is 1. The monoisotopic (exact) mass is 217 g/mol. The van der Waals surface area contributed by atoms with Crippen molar-refractivity contribution >= 4 is 5.78 Å². The average Bonchev–Trinajstić information content (AvgIpc) is 2.36. The molecular weight excluding hydrogens is 198 g/mol. The van der Waals surface area contributed by atoms with Crippen LogP contribution in [0, 0.1) is 5.92 Å². The maximum absolute atomic E-state index is 12.0. The van der Waals surface area contributed by atoms with Gasteiger partial charge in [-0.3, -0.25) is 4.79 Å². The van der Waals surface area contributed by atoms with Crippen molar-refractivity contribution in [1.29, 1.82) is 0 Å². The second kappa shape index (κ2) is 4.79. The lowest BCUT2D eigenvalue weighted by molar-refractivity contribution is 0.0927. The molecule has 2 rings (SSSR count). The van der Waals surface area contributed by atoms with Gasteiger partial charge in [0.05, 0.1) is 0 Å². The highest BCUT2D eigenvalue weighted by Gasteiger charge is 2.16. The molecule has 0 bridgehead atoms. The summed E-state index contributed by atoms with van der Waals surface area (Å²) in [6, 6.07) is 6.17. The van der Waals surface area contributed by atoms with Crippen LogP contribution in [-0.2, 0) is 13.0 Å². The Morgan fingerprint density at radius 1 is 1.44 bits per heavy atom. The minimum Gasteiger partial charge on any atom is -0.312 e. The van der Waals surface area contributed by atoms with Crippen LogP contribution in [0.1, 0.15) is 41.8 Å². The van der Waals surface area contributed by atoms with Crippen molar-refractivity contribution in [1.82, 2.24) is 5.32 Å². The number of fused-ring (bicyclic) bond motifs is 1. The van der Waals surface area contributed by atoms with Gasteiger partial charge in [0.15, 0.2) is 5.78 Å². The van der Waals surface area contributed by atoms with Crippen LogP contribution in [0.5, 0.6) is 0 Å². The first-order valence-electron chi connectivity index (χ1n) is 6.09. The number of benzene rings is 1. The normalized spacial score (nSPS) is 16.6. The summed E-state index contributed by atoms with van der Waals surface area (Å²) in [6.07, 6.45) is 1.99. The lowest BCUT2D eigenvalue weighted by Gasteiger charge is -2.18.